The number of likely N-dealkylation sites (N-methyl/N-ethyl adjacent to an activating group) is 1. The summed E-state index contributed by atoms with van der Waals surface area (Å²) in [5.74, 6) is -0.501. The van der Waals surface area contributed by atoms with Crippen molar-refractivity contribution in [2.45, 2.75) is 367 Å². The molecule has 0 bridgehead atoms. The maximum Gasteiger partial charge on any atom is 0.472 e. The van der Waals surface area contributed by atoms with Gasteiger partial charge in [-0.25, -0.2) is 4.57 Å². The zero-order chi connectivity index (χ0) is 64.9. The van der Waals surface area contributed by atoms with Crippen LogP contribution >= 0.6 is 7.82 Å². The Hall–Kier alpha value is -2.81. The third-order valence-electron chi connectivity index (χ3n) is 16.8. The van der Waals surface area contributed by atoms with Crippen LogP contribution in [0.15, 0.2) is 85.1 Å². The van der Waals surface area contributed by atoms with Crippen molar-refractivity contribution < 1.29 is 37.3 Å². The molecule has 518 valence electrons. The molecule has 0 spiro atoms. The first-order valence-corrected chi connectivity index (χ1v) is 39.4. The molecule has 2 N–H and O–H groups in total. The van der Waals surface area contributed by atoms with Crippen molar-refractivity contribution in [2.75, 3.05) is 40.9 Å². The topological polar surface area (TPSA) is 111 Å². The Labute approximate surface area is 552 Å². The minimum Gasteiger partial charge on any atom is -0.456 e. The lowest BCUT2D eigenvalue weighted by Crippen LogP contribution is -2.47. The van der Waals surface area contributed by atoms with Crippen LogP contribution in [0.5, 0.6) is 0 Å². The Morgan fingerprint density at radius 2 is 0.685 bits per heavy atom. The summed E-state index contributed by atoms with van der Waals surface area (Å²) in [7, 11) is 1.50. The third-order valence-corrected chi connectivity index (χ3v) is 17.8. The van der Waals surface area contributed by atoms with Crippen LogP contribution in [0, 0.1) is 0 Å². The maximum absolute atomic E-state index is 13.7. The quantitative estimate of drug-likeness (QED) is 0.0205. The minimum absolute atomic E-state index is 0.0376. The third kappa shape index (κ3) is 69.4. The molecule has 1 amide bonds. The fourth-order valence-electron chi connectivity index (χ4n) is 11.0. The van der Waals surface area contributed by atoms with E-state index in [1.165, 1.54) is 225 Å². The van der Waals surface area contributed by atoms with Gasteiger partial charge in [0.15, 0.2) is 0 Å². The van der Waals surface area contributed by atoms with E-state index in [9.17, 15) is 19.0 Å². The molecule has 0 fully saturated rings. The Morgan fingerprint density at radius 1 is 0.393 bits per heavy atom. The van der Waals surface area contributed by atoms with Crippen LogP contribution < -0.4 is 5.32 Å². The highest BCUT2D eigenvalue weighted by Crippen LogP contribution is 2.43. The first kappa shape index (κ1) is 86.2. The van der Waals surface area contributed by atoms with E-state index in [1.807, 2.05) is 33.3 Å². The van der Waals surface area contributed by atoms with Crippen LogP contribution in [0.4, 0.5) is 0 Å². The lowest BCUT2D eigenvalue weighted by Gasteiger charge is -2.27. The molecule has 10 heteroatoms. The Kier molecular flexibility index (Phi) is 65.9. The number of unbranched alkanes of at least 4 members (excludes halogenated alkanes) is 41. The van der Waals surface area contributed by atoms with Crippen LogP contribution in [0.1, 0.15) is 355 Å². The van der Waals surface area contributed by atoms with E-state index >= 15 is 0 Å². The number of allylic oxidation sites excluding steroid dienone is 13. The highest BCUT2D eigenvalue weighted by molar-refractivity contribution is 7.47. The number of carbonyl (C=O) groups is 2. The smallest absolute Gasteiger partial charge is 0.456 e. The maximum atomic E-state index is 13.7. The van der Waals surface area contributed by atoms with Gasteiger partial charge in [-0.2, -0.15) is 0 Å². The lowest BCUT2D eigenvalue weighted by molar-refractivity contribution is -0.870. The molecule has 0 heterocycles. The van der Waals surface area contributed by atoms with Gasteiger partial charge in [-0.05, 0) is 109 Å². The summed E-state index contributed by atoms with van der Waals surface area (Å²) in [4.78, 5) is 38.0. The normalized spacial score (nSPS) is 13.9. The second-order valence-corrected chi connectivity index (χ2v) is 28.3. The van der Waals surface area contributed by atoms with Gasteiger partial charge in [0.05, 0.1) is 33.8 Å². The van der Waals surface area contributed by atoms with Crippen LogP contribution in [0.25, 0.3) is 0 Å². The van der Waals surface area contributed by atoms with Crippen molar-refractivity contribution in [3.63, 3.8) is 0 Å². The Balaban J connectivity index is 5.04. The first-order valence-electron chi connectivity index (χ1n) is 37.9. The molecule has 0 aliphatic heterocycles. The number of nitrogens with zero attached hydrogens (tertiary/aromatic N) is 1. The van der Waals surface area contributed by atoms with Gasteiger partial charge in [0, 0.05) is 12.8 Å². The summed E-state index contributed by atoms with van der Waals surface area (Å²) in [6.07, 6.45) is 91.7. The number of hydrogen-bond donors (Lipinski definition) is 2. The number of hydrogen-bond acceptors (Lipinski definition) is 6. The van der Waals surface area contributed by atoms with Gasteiger partial charge >= 0.3 is 13.8 Å². The summed E-state index contributed by atoms with van der Waals surface area (Å²) >= 11 is 0. The summed E-state index contributed by atoms with van der Waals surface area (Å²) in [5, 5.41) is 3.08. The molecule has 89 heavy (non-hydrogen) atoms. The summed E-state index contributed by atoms with van der Waals surface area (Å²) in [6.45, 7) is 7.00. The molecule has 0 aliphatic carbocycles. The summed E-state index contributed by atoms with van der Waals surface area (Å²) in [5.41, 5.74) is 0. The number of quaternary nitrogens is 1. The van der Waals surface area contributed by atoms with Gasteiger partial charge in [0.2, 0.25) is 5.91 Å². The second kappa shape index (κ2) is 68.1. The molecule has 0 saturated heterocycles. The SMILES string of the molecule is CCCCC/C=C\C/C=C\C/C=C\C/C=C\CCCCCCCCCCCC(=O)OC(/C=C/CCCCCCCCCCCCC)C(COP(=O)(O)OCC[N+](C)(C)C)NC(=O)CCCCCCCCCCCCCCCCC/C=C\C/C=C\CCCCC. The van der Waals surface area contributed by atoms with Gasteiger partial charge in [-0.3, -0.25) is 18.6 Å². The highest BCUT2D eigenvalue weighted by Gasteiger charge is 2.30. The largest absolute Gasteiger partial charge is 0.472 e. The fourth-order valence-corrected chi connectivity index (χ4v) is 11.7. The van der Waals surface area contributed by atoms with Crippen LogP contribution in [0.2, 0.25) is 0 Å². The van der Waals surface area contributed by atoms with Crippen LogP contribution in [-0.4, -0.2) is 74.3 Å². The summed E-state index contributed by atoms with van der Waals surface area (Å²) in [6, 6.07) is -0.856. The monoisotopic (exact) mass is 1270 g/mol. The van der Waals surface area contributed by atoms with E-state index in [0.29, 0.717) is 17.4 Å². The highest BCUT2D eigenvalue weighted by atomic mass is 31.2. The zero-order valence-corrected chi connectivity index (χ0v) is 60.3. The molecule has 0 saturated carbocycles. The molecule has 0 aromatic heterocycles. The van der Waals surface area contributed by atoms with Crippen molar-refractivity contribution in [3.8, 4) is 0 Å². The van der Waals surface area contributed by atoms with E-state index < -0.39 is 20.0 Å². The van der Waals surface area contributed by atoms with Crippen molar-refractivity contribution in [1.29, 1.82) is 0 Å². The second-order valence-electron chi connectivity index (χ2n) is 26.8. The van der Waals surface area contributed by atoms with Crippen molar-refractivity contribution >= 4 is 19.7 Å². The molecule has 0 aromatic rings. The van der Waals surface area contributed by atoms with Crippen molar-refractivity contribution in [3.05, 3.63) is 85.1 Å². The number of carbonyl (C=O) groups excluding carboxylic acids is 2. The average Bonchev–Trinajstić information content (AvgIpc) is 3.54. The molecule has 0 rings (SSSR count). The minimum atomic E-state index is -4.46. The van der Waals surface area contributed by atoms with E-state index in [4.69, 9.17) is 13.8 Å². The molecule has 3 unspecified atom stereocenters. The van der Waals surface area contributed by atoms with E-state index in [1.54, 1.807) is 0 Å². The van der Waals surface area contributed by atoms with Crippen molar-refractivity contribution in [2.24, 2.45) is 0 Å². The average molecular weight is 1270 g/mol. The predicted molar refractivity (Wildman–Crippen MR) is 388 cm³/mol. The van der Waals surface area contributed by atoms with Gasteiger partial charge < -0.3 is 19.4 Å². The Morgan fingerprint density at radius 3 is 1.04 bits per heavy atom. The van der Waals surface area contributed by atoms with E-state index in [2.05, 4.69) is 99.0 Å². The number of ether oxygens (including phenoxy) is 1. The van der Waals surface area contributed by atoms with Crippen LogP contribution in [-0.2, 0) is 27.9 Å². The number of phosphoric ester groups is 1. The van der Waals surface area contributed by atoms with Crippen LogP contribution in [0.3, 0.4) is 0 Å². The summed E-state index contributed by atoms with van der Waals surface area (Å²) < 4.78 is 30.9. The first-order chi connectivity index (χ1) is 43.4. The molecule has 0 aliphatic rings. The molecule has 3 atom stereocenters. The molecular weight excluding hydrogens is 1120 g/mol. The van der Waals surface area contributed by atoms with E-state index in [0.717, 1.165) is 96.3 Å². The van der Waals surface area contributed by atoms with Gasteiger partial charge in [0.1, 0.15) is 19.3 Å². The van der Waals surface area contributed by atoms with E-state index in [-0.39, 0.29) is 31.5 Å². The molecule has 0 aromatic carbocycles. The predicted octanol–water partition coefficient (Wildman–Crippen LogP) is 24.5. The van der Waals surface area contributed by atoms with Gasteiger partial charge in [-0.1, -0.05) is 318 Å². The lowest BCUT2D eigenvalue weighted by atomic mass is 10.0. The standard InChI is InChI=1S/C79H145N2O7P/c1-7-10-13-16-19-22-25-28-30-32-34-36-38-40-42-44-46-48-50-53-56-59-62-65-68-71-78(82)80-76(75-87-89(84,85)86-74-73-81(4,5)6)77(70-67-64-61-58-55-52-27-24-21-18-15-12-9-3)88-79(83)72-69-66-63-60-57-54-51-49-47-45-43-41-39-37-35-33-31-29-26-23-20-17-14-11-8-2/h19-20,22-23,28-31,35,37,41,43,67,70,76-77H,7-18,21,24-27,32-34,36,38-40,42,44-66,68-69,71-75H2,1-6H3,(H-,80,82,84,85)/p+1/b22-19-,23-20-,30-28-,31-29-,37-35-,43-41-,70-67+. The molecular formula is C79H146N2O7P+. The molecule has 0 radical (unpaired) electrons. The number of phosphoric acid groups is 1. The zero-order valence-electron chi connectivity index (χ0n) is 59.4. The molecule has 9 nitrogen and oxygen atoms in total. The van der Waals surface area contributed by atoms with Crippen molar-refractivity contribution in [1.82, 2.24) is 5.32 Å². The number of esters is 1. The van der Waals surface area contributed by atoms with Gasteiger partial charge in [-0.15, -0.1) is 0 Å². The fraction of sp³-hybridized carbons (Fsp3) is 0.797. The number of amides is 1. The number of rotatable bonds is 69. The Bertz CT molecular complexity index is 1800. The van der Waals surface area contributed by atoms with Gasteiger partial charge in [0.25, 0.3) is 0 Å². The number of nitrogens with one attached hydrogen (secondary N) is 1.